The molecule has 19 heavy (non-hydrogen) atoms. The zero-order valence-corrected chi connectivity index (χ0v) is 10.8. The van der Waals surface area contributed by atoms with Gasteiger partial charge in [-0.2, -0.15) is 0 Å². The first kappa shape index (κ1) is 10.8. The summed E-state index contributed by atoms with van der Waals surface area (Å²) in [7, 11) is 0. The van der Waals surface area contributed by atoms with E-state index in [1.165, 1.54) is 30.6 Å². The van der Waals surface area contributed by atoms with Gasteiger partial charge in [-0.05, 0) is 25.3 Å². The summed E-state index contributed by atoms with van der Waals surface area (Å²) < 4.78 is 2.18. The van der Waals surface area contributed by atoms with Crippen molar-refractivity contribution < 1.29 is 0 Å². The molecule has 1 fully saturated rings. The summed E-state index contributed by atoms with van der Waals surface area (Å²) in [6.07, 6.45) is 7.74. The van der Waals surface area contributed by atoms with Crippen LogP contribution >= 0.6 is 0 Å². The van der Waals surface area contributed by atoms with E-state index in [2.05, 4.69) is 37.5 Å². The van der Waals surface area contributed by atoms with Crippen molar-refractivity contribution >= 4 is 22.5 Å². The van der Waals surface area contributed by atoms with Gasteiger partial charge in [-0.25, -0.2) is 9.97 Å². The molecule has 0 radical (unpaired) electrons. The Balaban J connectivity index is 1.97. The number of fused-ring (bicyclic) bond motifs is 3. The first-order chi connectivity index (χ1) is 9.43. The standard InChI is InChI=1S/C15H16N4/c1-4-8-18(9-5-1)14-11-17-15-16-10-12-6-2-3-7-13(12)19(14)15/h2-3,6-7,10-11H,1,4-5,8-9H2. The molecule has 3 heterocycles. The number of nitrogens with zero attached hydrogens (tertiary/aromatic N) is 4. The van der Waals surface area contributed by atoms with E-state index in [0.717, 1.165) is 24.3 Å². The Morgan fingerprint density at radius 3 is 2.58 bits per heavy atom. The zero-order chi connectivity index (χ0) is 12.7. The third-order valence-corrected chi connectivity index (χ3v) is 3.90. The van der Waals surface area contributed by atoms with Crippen LogP contribution in [0.2, 0.25) is 0 Å². The van der Waals surface area contributed by atoms with E-state index in [0.29, 0.717) is 0 Å². The lowest BCUT2D eigenvalue weighted by Gasteiger charge is -2.28. The van der Waals surface area contributed by atoms with Crippen molar-refractivity contribution in [3.8, 4) is 0 Å². The smallest absolute Gasteiger partial charge is 0.235 e. The van der Waals surface area contributed by atoms with Gasteiger partial charge in [-0.1, -0.05) is 18.2 Å². The van der Waals surface area contributed by atoms with Crippen LogP contribution in [0.1, 0.15) is 19.3 Å². The van der Waals surface area contributed by atoms with Gasteiger partial charge in [0.1, 0.15) is 5.82 Å². The fraction of sp³-hybridized carbons (Fsp3) is 0.333. The van der Waals surface area contributed by atoms with Gasteiger partial charge in [-0.3, -0.25) is 4.40 Å². The minimum atomic E-state index is 0.791. The average molecular weight is 252 g/mol. The molecule has 1 aliphatic rings. The fourth-order valence-electron chi connectivity index (χ4n) is 2.93. The van der Waals surface area contributed by atoms with Crippen LogP contribution < -0.4 is 4.90 Å². The average Bonchev–Trinajstić information content (AvgIpc) is 2.92. The number of aromatic nitrogens is 3. The third-order valence-electron chi connectivity index (χ3n) is 3.90. The maximum absolute atomic E-state index is 4.45. The molecule has 1 aliphatic heterocycles. The van der Waals surface area contributed by atoms with E-state index in [4.69, 9.17) is 0 Å². The molecule has 0 unspecified atom stereocenters. The van der Waals surface area contributed by atoms with E-state index >= 15 is 0 Å². The van der Waals surface area contributed by atoms with Crippen molar-refractivity contribution in [3.63, 3.8) is 0 Å². The van der Waals surface area contributed by atoms with Crippen molar-refractivity contribution in [1.82, 2.24) is 14.4 Å². The number of hydrogen-bond acceptors (Lipinski definition) is 3. The molecule has 4 heteroatoms. The highest BCUT2D eigenvalue weighted by Gasteiger charge is 2.16. The highest BCUT2D eigenvalue weighted by molar-refractivity contribution is 5.81. The summed E-state index contributed by atoms with van der Waals surface area (Å²) in [5, 5.41) is 1.16. The number of piperidine rings is 1. The van der Waals surface area contributed by atoms with Gasteiger partial charge in [0, 0.05) is 24.7 Å². The van der Waals surface area contributed by atoms with Crippen molar-refractivity contribution in [2.24, 2.45) is 0 Å². The summed E-state index contributed by atoms with van der Waals surface area (Å²) in [5.74, 6) is 1.97. The van der Waals surface area contributed by atoms with Gasteiger partial charge in [0.25, 0.3) is 0 Å². The number of rotatable bonds is 1. The van der Waals surface area contributed by atoms with Gasteiger partial charge >= 0.3 is 0 Å². The first-order valence-corrected chi connectivity index (χ1v) is 6.90. The summed E-state index contributed by atoms with van der Waals surface area (Å²) in [6.45, 7) is 2.24. The summed E-state index contributed by atoms with van der Waals surface area (Å²) in [5.41, 5.74) is 1.19. The molecule has 0 N–H and O–H groups in total. The van der Waals surface area contributed by atoms with E-state index in [1.807, 2.05) is 18.5 Å². The Morgan fingerprint density at radius 2 is 1.68 bits per heavy atom. The van der Waals surface area contributed by atoms with Crippen molar-refractivity contribution in [2.45, 2.75) is 19.3 Å². The van der Waals surface area contributed by atoms with Crippen LogP contribution in [0.4, 0.5) is 5.82 Å². The number of benzene rings is 1. The van der Waals surface area contributed by atoms with Crippen LogP contribution in [-0.4, -0.2) is 27.5 Å². The molecular weight excluding hydrogens is 236 g/mol. The molecule has 1 saturated heterocycles. The molecular formula is C15H16N4. The highest BCUT2D eigenvalue weighted by atomic mass is 15.3. The Bertz CT molecular complexity index is 725. The predicted molar refractivity (Wildman–Crippen MR) is 76.6 cm³/mol. The minimum Gasteiger partial charge on any atom is -0.356 e. The van der Waals surface area contributed by atoms with Gasteiger partial charge in [0.2, 0.25) is 5.78 Å². The van der Waals surface area contributed by atoms with E-state index in [9.17, 15) is 0 Å². The predicted octanol–water partition coefficient (Wildman–Crippen LogP) is 2.87. The molecule has 4 rings (SSSR count). The SMILES string of the molecule is c1ccc2c(c1)cnc1ncc(N3CCCCC3)n12. The zero-order valence-electron chi connectivity index (χ0n) is 10.8. The van der Waals surface area contributed by atoms with E-state index in [1.54, 1.807) is 0 Å². The second-order valence-electron chi connectivity index (χ2n) is 5.12. The van der Waals surface area contributed by atoms with Gasteiger partial charge in [0.15, 0.2) is 0 Å². The largest absolute Gasteiger partial charge is 0.356 e. The lowest BCUT2D eigenvalue weighted by Crippen LogP contribution is -2.30. The van der Waals surface area contributed by atoms with Crippen molar-refractivity contribution in [2.75, 3.05) is 18.0 Å². The molecule has 0 bridgehead atoms. The topological polar surface area (TPSA) is 33.4 Å². The molecule has 0 amide bonds. The van der Waals surface area contributed by atoms with Gasteiger partial charge in [0.05, 0.1) is 11.7 Å². The molecule has 3 aromatic rings. The minimum absolute atomic E-state index is 0.791. The number of anilines is 1. The Kier molecular flexibility index (Phi) is 2.40. The van der Waals surface area contributed by atoms with Crippen LogP contribution in [0.25, 0.3) is 16.7 Å². The van der Waals surface area contributed by atoms with Crippen molar-refractivity contribution in [3.05, 3.63) is 36.7 Å². The molecule has 0 atom stereocenters. The lowest BCUT2D eigenvalue weighted by molar-refractivity contribution is 0.573. The van der Waals surface area contributed by atoms with Crippen LogP contribution in [0.15, 0.2) is 36.7 Å². The fourth-order valence-corrected chi connectivity index (χ4v) is 2.93. The second-order valence-corrected chi connectivity index (χ2v) is 5.12. The maximum Gasteiger partial charge on any atom is 0.235 e. The van der Waals surface area contributed by atoms with Crippen LogP contribution in [0.3, 0.4) is 0 Å². The quantitative estimate of drug-likeness (QED) is 0.667. The summed E-state index contributed by atoms with van der Waals surface area (Å²) in [6, 6.07) is 8.36. The second kappa shape index (κ2) is 4.23. The highest BCUT2D eigenvalue weighted by Crippen LogP contribution is 2.24. The van der Waals surface area contributed by atoms with E-state index in [-0.39, 0.29) is 0 Å². The molecule has 4 nitrogen and oxygen atoms in total. The van der Waals surface area contributed by atoms with Crippen LogP contribution in [0, 0.1) is 0 Å². The summed E-state index contributed by atoms with van der Waals surface area (Å²) in [4.78, 5) is 11.3. The molecule has 96 valence electrons. The normalized spacial score (nSPS) is 16.3. The van der Waals surface area contributed by atoms with Gasteiger partial charge < -0.3 is 4.90 Å². The summed E-state index contributed by atoms with van der Waals surface area (Å²) >= 11 is 0. The molecule has 0 saturated carbocycles. The monoisotopic (exact) mass is 252 g/mol. The lowest BCUT2D eigenvalue weighted by atomic mass is 10.1. The Morgan fingerprint density at radius 1 is 0.895 bits per heavy atom. The number of para-hydroxylation sites is 1. The molecule has 1 aromatic carbocycles. The Labute approximate surface area is 111 Å². The third kappa shape index (κ3) is 1.67. The molecule has 2 aromatic heterocycles. The molecule has 0 aliphatic carbocycles. The van der Waals surface area contributed by atoms with E-state index < -0.39 is 0 Å². The molecule has 0 spiro atoms. The van der Waals surface area contributed by atoms with Crippen LogP contribution in [0.5, 0.6) is 0 Å². The van der Waals surface area contributed by atoms with Gasteiger partial charge in [-0.15, -0.1) is 0 Å². The Hall–Kier alpha value is -2.10. The van der Waals surface area contributed by atoms with Crippen molar-refractivity contribution in [1.29, 1.82) is 0 Å². The number of hydrogen-bond donors (Lipinski definition) is 0. The first-order valence-electron chi connectivity index (χ1n) is 6.90. The van der Waals surface area contributed by atoms with Crippen LogP contribution in [-0.2, 0) is 0 Å². The number of imidazole rings is 1. The maximum atomic E-state index is 4.45.